The van der Waals surface area contributed by atoms with E-state index in [9.17, 15) is 13.6 Å². The van der Waals surface area contributed by atoms with Gasteiger partial charge in [0.15, 0.2) is 0 Å². The molecule has 0 fully saturated rings. The van der Waals surface area contributed by atoms with Gasteiger partial charge in [-0.25, -0.2) is 0 Å². The highest BCUT2D eigenvalue weighted by Crippen LogP contribution is 2.21. The van der Waals surface area contributed by atoms with Crippen molar-refractivity contribution in [3.8, 4) is 0 Å². The molecule has 1 aliphatic rings. The Morgan fingerprint density at radius 3 is 2.50 bits per heavy atom. The van der Waals surface area contributed by atoms with Crippen LogP contribution in [-0.4, -0.2) is 23.8 Å². The Morgan fingerprint density at radius 1 is 1.25 bits per heavy atom. The minimum atomic E-state index is -4.02. The first-order chi connectivity index (χ1) is 13.2. The first-order valence-electron chi connectivity index (χ1n) is 7.97. The predicted octanol–water partition coefficient (Wildman–Crippen LogP) is 2.66. The minimum absolute atomic E-state index is 0.0512. The average molecular weight is 401 g/mol. The van der Waals surface area contributed by atoms with E-state index in [1.807, 2.05) is 37.3 Å². The molecule has 0 amide bonds. The molecule has 0 saturated carbocycles. The van der Waals surface area contributed by atoms with Gasteiger partial charge in [0.1, 0.15) is 0 Å². The van der Waals surface area contributed by atoms with Gasteiger partial charge in [0, 0.05) is 11.8 Å². The number of hydrogen-bond donors (Lipinski definition) is 4. The maximum absolute atomic E-state index is 11.0. The van der Waals surface area contributed by atoms with Crippen molar-refractivity contribution in [1.29, 1.82) is 5.41 Å². The summed E-state index contributed by atoms with van der Waals surface area (Å²) in [6, 6.07) is 13.7. The standard InChI is InChI=1S/C11H11N5O.C7H8O3S/c12-11(13)16(17)15-7-10-9-4-2-1-3-8(9)5-6-14-10;1-6-2-4-7(5-3-6)11(8,9)10/h1-7,14H,(H3,12,13);2-5H,1H3,(H,8,9,10)/b10-7-,16-15?;. The highest BCUT2D eigenvalue weighted by atomic mass is 32.2. The Morgan fingerprint density at radius 2 is 1.89 bits per heavy atom. The third-order valence-corrected chi connectivity index (χ3v) is 4.44. The fourth-order valence-corrected chi connectivity index (χ4v) is 2.66. The van der Waals surface area contributed by atoms with E-state index in [2.05, 4.69) is 10.4 Å². The Kier molecular flexibility index (Phi) is 6.64. The molecule has 0 radical (unpaired) electrons. The summed E-state index contributed by atoms with van der Waals surface area (Å²) < 4.78 is 29.6. The van der Waals surface area contributed by atoms with Gasteiger partial charge < -0.3 is 10.5 Å². The molecule has 9 nitrogen and oxygen atoms in total. The monoisotopic (exact) mass is 401 g/mol. The summed E-state index contributed by atoms with van der Waals surface area (Å²) in [7, 11) is -4.02. The van der Waals surface area contributed by atoms with E-state index in [-0.39, 0.29) is 9.76 Å². The maximum Gasteiger partial charge on any atom is 0.402 e. The van der Waals surface area contributed by atoms with Crippen molar-refractivity contribution in [2.24, 2.45) is 10.8 Å². The first kappa shape index (κ1) is 20.8. The van der Waals surface area contributed by atoms with E-state index in [0.717, 1.165) is 16.7 Å². The third-order valence-electron chi connectivity index (χ3n) is 3.57. The highest BCUT2D eigenvalue weighted by Gasteiger charge is 2.08. The average Bonchev–Trinajstić information content (AvgIpc) is 2.66. The second-order valence-electron chi connectivity index (χ2n) is 5.67. The van der Waals surface area contributed by atoms with Gasteiger partial charge in [0.25, 0.3) is 10.1 Å². The lowest BCUT2D eigenvalue weighted by Gasteiger charge is -2.14. The molecule has 28 heavy (non-hydrogen) atoms. The summed E-state index contributed by atoms with van der Waals surface area (Å²) in [5.74, 6) is -0.651. The van der Waals surface area contributed by atoms with Crippen molar-refractivity contribution in [3.63, 3.8) is 0 Å². The largest absolute Gasteiger partial charge is 0.722 e. The summed E-state index contributed by atoms with van der Waals surface area (Å²) >= 11 is 0. The number of nitrogens with zero attached hydrogens (tertiary/aromatic N) is 2. The van der Waals surface area contributed by atoms with Gasteiger partial charge in [-0.1, -0.05) is 42.0 Å². The summed E-state index contributed by atoms with van der Waals surface area (Å²) in [4.78, 5) is -0.0154. The predicted molar refractivity (Wildman–Crippen MR) is 106 cm³/mol. The molecule has 146 valence electrons. The molecule has 1 aliphatic heterocycles. The quantitative estimate of drug-likeness (QED) is 0.151. The summed E-state index contributed by atoms with van der Waals surface area (Å²) in [5, 5.41) is 24.4. The van der Waals surface area contributed by atoms with Gasteiger partial charge in [-0.05, 0) is 30.7 Å². The van der Waals surface area contributed by atoms with Gasteiger partial charge >= 0.3 is 5.96 Å². The van der Waals surface area contributed by atoms with Crippen molar-refractivity contribution in [3.05, 3.63) is 82.8 Å². The number of guanidine groups is 1. The lowest BCUT2D eigenvalue weighted by Crippen LogP contribution is -2.21. The number of azo groups is 1. The fourth-order valence-electron chi connectivity index (χ4n) is 2.18. The smallest absolute Gasteiger partial charge is 0.402 e. The lowest BCUT2D eigenvalue weighted by molar-refractivity contribution is -0.406. The van der Waals surface area contributed by atoms with Gasteiger partial charge in [0.2, 0.25) is 0 Å². The van der Waals surface area contributed by atoms with Crippen LogP contribution < -0.4 is 11.1 Å². The fraction of sp³-hybridized carbons (Fsp3) is 0.0556. The molecule has 0 bridgehead atoms. The summed E-state index contributed by atoms with van der Waals surface area (Å²) in [5.41, 5.74) is 8.60. The molecule has 0 saturated heterocycles. The number of hydrogen-bond acceptors (Lipinski definition) is 6. The molecule has 5 N–H and O–H groups in total. The molecule has 10 heteroatoms. The highest BCUT2D eigenvalue weighted by molar-refractivity contribution is 7.85. The van der Waals surface area contributed by atoms with E-state index < -0.39 is 16.1 Å². The Balaban J connectivity index is 0.000000221. The Hall–Kier alpha value is -3.50. The maximum atomic E-state index is 11.0. The van der Waals surface area contributed by atoms with Crippen LogP contribution in [0.5, 0.6) is 0 Å². The normalized spacial score (nSPS) is 14.5. The zero-order valence-electron chi connectivity index (χ0n) is 14.9. The van der Waals surface area contributed by atoms with E-state index >= 15 is 0 Å². The molecule has 3 rings (SSSR count). The summed E-state index contributed by atoms with van der Waals surface area (Å²) in [6.45, 7) is 1.84. The molecule has 0 spiro atoms. The van der Waals surface area contributed by atoms with Gasteiger partial charge in [-0.15, -0.1) is 15.4 Å². The van der Waals surface area contributed by atoms with Gasteiger partial charge in [-0.3, -0.25) is 10.3 Å². The topological polar surface area (TPSA) is 155 Å². The van der Waals surface area contributed by atoms with E-state index in [0.29, 0.717) is 5.70 Å². The van der Waals surface area contributed by atoms with Crippen LogP contribution in [0.2, 0.25) is 0 Å². The molecule has 2 aromatic carbocycles. The molecule has 1 heterocycles. The van der Waals surface area contributed by atoms with Crippen LogP contribution in [0.1, 0.15) is 16.7 Å². The molecule has 0 aromatic heterocycles. The van der Waals surface area contributed by atoms with E-state index in [1.165, 1.54) is 18.3 Å². The van der Waals surface area contributed by atoms with Crippen molar-refractivity contribution in [2.45, 2.75) is 11.8 Å². The third kappa shape index (κ3) is 5.76. The Labute approximate surface area is 162 Å². The van der Waals surface area contributed by atoms with Crippen LogP contribution in [0.25, 0.3) is 11.8 Å². The van der Waals surface area contributed by atoms with Crippen LogP contribution in [0.3, 0.4) is 0 Å². The van der Waals surface area contributed by atoms with Crippen LogP contribution in [0.15, 0.2) is 70.9 Å². The molecule has 0 atom stereocenters. The van der Waals surface area contributed by atoms with Gasteiger partial charge in [-0.2, -0.15) is 8.42 Å². The number of rotatable bonds is 2. The number of nitrogens with two attached hydrogens (primary N) is 1. The second-order valence-corrected chi connectivity index (χ2v) is 7.09. The second kappa shape index (κ2) is 8.93. The van der Waals surface area contributed by atoms with Crippen molar-refractivity contribution >= 4 is 27.9 Å². The molecular formula is C18H19N5O4S. The van der Waals surface area contributed by atoms with Gasteiger partial charge in [0.05, 0.1) is 16.8 Å². The number of benzene rings is 2. The zero-order chi connectivity index (χ0) is 20.7. The first-order valence-corrected chi connectivity index (χ1v) is 9.41. The molecule has 0 aliphatic carbocycles. The van der Waals surface area contributed by atoms with Crippen LogP contribution in [-0.2, 0) is 10.1 Å². The number of nitrogens with one attached hydrogen (secondary N) is 2. The molecule has 2 aromatic rings. The number of fused-ring (bicyclic) bond motifs is 1. The lowest BCUT2D eigenvalue weighted by atomic mass is 10.0. The molecule has 0 unspecified atom stereocenters. The van der Waals surface area contributed by atoms with Crippen LogP contribution in [0.4, 0.5) is 0 Å². The molecular weight excluding hydrogens is 382 g/mol. The number of hydroxylamine groups is 1. The zero-order valence-corrected chi connectivity index (χ0v) is 15.7. The van der Waals surface area contributed by atoms with Crippen molar-refractivity contribution in [1.82, 2.24) is 5.32 Å². The van der Waals surface area contributed by atoms with Crippen LogP contribution in [0, 0.1) is 17.5 Å². The minimum Gasteiger partial charge on any atom is -0.722 e. The van der Waals surface area contributed by atoms with Crippen LogP contribution >= 0.6 is 0 Å². The van der Waals surface area contributed by atoms with Crippen molar-refractivity contribution in [2.75, 3.05) is 0 Å². The van der Waals surface area contributed by atoms with E-state index in [4.69, 9.17) is 15.7 Å². The van der Waals surface area contributed by atoms with Crippen molar-refractivity contribution < 1.29 is 17.8 Å². The SMILES string of the molecule is Cc1ccc(S(=O)(=O)O)cc1.N=C(N)[N+]([O-])=N/C=C1\NC=Cc2ccccc21. The summed E-state index contributed by atoms with van der Waals surface area (Å²) in [6.07, 6.45) is 5.02. The number of aryl methyl sites for hydroxylation is 1. The van der Waals surface area contributed by atoms with E-state index in [1.54, 1.807) is 18.3 Å². The Bertz CT molecular complexity index is 1060.